The van der Waals surface area contributed by atoms with E-state index in [0.29, 0.717) is 69.9 Å². The Morgan fingerprint density at radius 1 is 0.411 bits per heavy atom. The highest BCUT2D eigenvalue weighted by Crippen LogP contribution is 2.42. The van der Waals surface area contributed by atoms with Crippen LogP contribution in [0, 0.1) is 40.9 Å². The van der Waals surface area contributed by atoms with Crippen LogP contribution in [0.15, 0.2) is 6.20 Å². The van der Waals surface area contributed by atoms with E-state index in [1.807, 2.05) is 0 Å². The number of nitrogens with zero attached hydrogens (tertiary/aromatic N) is 3. The predicted molar refractivity (Wildman–Crippen MR) is 438 cm³/mol. The van der Waals surface area contributed by atoms with Crippen molar-refractivity contribution >= 4 is 70.1 Å². The number of benzene rings is 1. The SMILES string of the molecule is O=C(CCCCO[C@H]1O[C@H](CCP(=O)(O)O)[C@@H](O)[C@H](O)[C@@H]1O)NCCCNC(=O)CCOCC(COCCC(=O)NCCCNC(=O)CCCCO[C@H]1C[C@H](CCP(=O)(O)O)[C@@H](O)[C@H](O)[C@@H]1O)(COCCC(=O)NCCCNC(=O)CCCCO[C@H]1C[C@H](CCP(=O)(O)O)[C@@H](O)[C@H](O)[C@@H]1O)NC(=O)CCc1cn(CCCCCC(=O)Oc2c(F)c(F)c(F)c(F)c2F)nn1. The zero-order valence-electron chi connectivity index (χ0n) is 71.6. The number of unbranched alkanes of at least 4 members (excludes halogenated alkanes) is 5. The standard InChI is InChI=1S/C77H128F5N10O34P3/c78-61-62(79)64(81)75(65(82)63(61)80)126-60(100)16-2-1-6-31-92-43-49(90-91-92)17-18-59(99)89-77(44-119-35-19-56(96)86-28-10-25-83-53(93)13-3-7-32-122-51-41-47(22-38-127(110,111)112)66(101)71(106)69(51)104,45-120-36-20-57(97)87-29-11-26-84-54(94)14-4-8-33-123-52-42-48(23-39-128(113,114)115)67(102)72(107)70(52)105)46-121-37-21-58(98)88-30-12-27-85-55(95)15-5-9-34-124-76-74(109)73(108)68(103)50(125-76)24-40-129(116,117)118/h43,47-48,50-52,66-74,76,101-109H,1-42,44-46H2,(H,83,93)(H,84,94)(H,85,95)(H,86,96)(H,87,97)(H,88,98)(H,89,99)(H2,110,111,112)(H2,113,114,115)(H2,116,117,118)/t47-,48-,50+,51-,52-,66+,67+,68+,69+,70+,71-,72-,73-,74-,76-/m0/s1. The highest BCUT2D eigenvalue weighted by atomic mass is 31.2. The molecule has 1 aromatic carbocycles. The number of esters is 1. The second kappa shape index (κ2) is 58.7. The Morgan fingerprint density at radius 3 is 1.19 bits per heavy atom. The summed E-state index contributed by atoms with van der Waals surface area (Å²) in [7, 11) is -13.3. The summed E-state index contributed by atoms with van der Waals surface area (Å²) in [5.74, 6) is -19.1. The smallest absolute Gasteiger partial charge is 0.325 e. The molecule has 2 aromatic rings. The minimum Gasteiger partial charge on any atom is -0.420 e. The molecule has 5 rings (SSSR count). The molecule has 0 spiro atoms. The van der Waals surface area contributed by atoms with Crippen LogP contribution in [0.3, 0.4) is 0 Å². The van der Waals surface area contributed by atoms with Crippen molar-refractivity contribution in [3.63, 3.8) is 0 Å². The largest absolute Gasteiger partial charge is 0.420 e. The van der Waals surface area contributed by atoms with Crippen molar-refractivity contribution in [3.8, 4) is 5.75 Å². The highest BCUT2D eigenvalue weighted by Gasteiger charge is 2.47. The van der Waals surface area contributed by atoms with Gasteiger partial charge in [0, 0.05) is 130 Å². The van der Waals surface area contributed by atoms with Gasteiger partial charge in [-0.2, -0.15) is 8.78 Å². The number of amides is 7. The number of carbonyl (C=O) groups excluding carboxylic acids is 8. The second-order valence-corrected chi connectivity index (χ2v) is 37.4. The molecule has 0 radical (unpaired) electrons. The van der Waals surface area contributed by atoms with Crippen molar-refractivity contribution in [3.05, 3.63) is 41.0 Å². The first-order valence-corrected chi connectivity index (χ1v) is 48.4. The molecule has 2 aliphatic carbocycles. The summed E-state index contributed by atoms with van der Waals surface area (Å²) in [6.07, 6.45) is -16.6. The van der Waals surface area contributed by atoms with Gasteiger partial charge in [0.15, 0.2) is 6.29 Å². The molecule has 1 aromatic heterocycles. The van der Waals surface area contributed by atoms with Gasteiger partial charge in [-0.1, -0.05) is 11.6 Å². The quantitative estimate of drug-likeness (QED) is 0.00650. The van der Waals surface area contributed by atoms with Crippen LogP contribution in [0.25, 0.3) is 0 Å². The molecule has 740 valence electrons. The lowest BCUT2D eigenvalue weighted by Crippen LogP contribution is -2.59. The summed E-state index contributed by atoms with van der Waals surface area (Å²) in [5.41, 5.74) is -1.29. The third kappa shape index (κ3) is 44.1. The number of hydrogen-bond acceptors (Lipinski definition) is 30. The first-order chi connectivity index (χ1) is 61.0. The Balaban J connectivity index is 1.14. The van der Waals surface area contributed by atoms with Gasteiger partial charge in [-0.25, -0.2) is 13.2 Å². The van der Waals surface area contributed by atoms with E-state index >= 15 is 0 Å². The van der Waals surface area contributed by atoms with E-state index in [-0.39, 0.29) is 199 Å². The molecule has 0 unspecified atom stereocenters. The third-order valence-electron chi connectivity index (χ3n) is 21.3. The Bertz CT molecular complexity index is 3630. The molecule has 22 N–H and O–H groups in total. The minimum absolute atomic E-state index is 0.0139. The van der Waals surface area contributed by atoms with Crippen molar-refractivity contribution in [2.45, 2.75) is 259 Å². The Kier molecular flexibility index (Phi) is 51.4. The predicted octanol–water partition coefficient (Wildman–Crippen LogP) is -1.97. The van der Waals surface area contributed by atoms with E-state index in [1.165, 1.54) is 10.9 Å². The molecule has 44 nitrogen and oxygen atoms in total. The molecular formula is C77H128F5N10O34P3. The minimum atomic E-state index is -4.47. The van der Waals surface area contributed by atoms with Crippen LogP contribution in [0.4, 0.5) is 22.0 Å². The van der Waals surface area contributed by atoms with Crippen LogP contribution in [-0.4, -0.2) is 340 Å². The molecule has 1 saturated heterocycles. The maximum Gasteiger partial charge on any atom is 0.325 e. The monoisotopic (exact) mass is 1920 g/mol. The van der Waals surface area contributed by atoms with E-state index in [1.54, 1.807) is 0 Å². The van der Waals surface area contributed by atoms with Crippen molar-refractivity contribution in [1.82, 2.24) is 52.2 Å². The average molecular weight is 1930 g/mol. The van der Waals surface area contributed by atoms with Gasteiger partial charge in [0.05, 0.1) is 94.3 Å². The van der Waals surface area contributed by atoms with Crippen LogP contribution >= 0.6 is 22.8 Å². The molecule has 15 atom stereocenters. The van der Waals surface area contributed by atoms with Gasteiger partial charge < -0.3 is 150 Å². The number of halogens is 5. The average Bonchev–Trinajstić information content (AvgIpc) is 1.15. The zero-order valence-corrected chi connectivity index (χ0v) is 74.3. The van der Waals surface area contributed by atoms with Crippen molar-refractivity contribution in [1.29, 1.82) is 0 Å². The molecule has 2 heterocycles. The fraction of sp³-hybridized carbons (Fsp3) is 0.792. The normalized spacial score (nSPS) is 22.7. The van der Waals surface area contributed by atoms with Gasteiger partial charge in [0.2, 0.25) is 76.2 Å². The number of hydrogen-bond donors (Lipinski definition) is 22. The van der Waals surface area contributed by atoms with Gasteiger partial charge in [-0.15, -0.1) is 5.10 Å². The van der Waals surface area contributed by atoms with E-state index in [0.717, 1.165) is 0 Å². The fourth-order valence-electron chi connectivity index (χ4n) is 14.0. The number of nitrogens with one attached hydrogen (secondary N) is 7. The van der Waals surface area contributed by atoms with Gasteiger partial charge in [-0.3, -0.25) is 56.7 Å². The second-order valence-electron chi connectivity index (χ2n) is 32.1. The van der Waals surface area contributed by atoms with Crippen molar-refractivity contribution in [2.75, 3.05) is 117 Å². The number of aliphatic hydroxyl groups is 9. The molecule has 1 aliphatic heterocycles. The fourth-order valence-corrected chi connectivity index (χ4v) is 15.9. The molecule has 2 saturated carbocycles. The molecular weight excluding hydrogens is 1800 g/mol. The summed E-state index contributed by atoms with van der Waals surface area (Å²) < 4.78 is 150. The van der Waals surface area contributed by atoms with Crippen LogP contribution in [-0.2, 0) is 98.2 Å². The van der Waals surface area contributed by atoms with Crippen LogP contribution in [0.5, 0.6) is 5.75 Å². The maximum atomic E-state index is 14.2. The number of aliphatic hydroxyl groups excluding tert-OH is 9. The molecule has 129 heavy (non-hydrogen) atoms. The van der Waals surface area contributed by atoms with Gasteiger partial charge in [0.1, 0.15) is 48.3 Å². The van der Waals surface area contributed by atoms with Crippen LogP contribution in [0.2, 0.25) is 0 Å². The zero-order chi connectivity index (χ0) is 95.4. The number of rotatable bonds is 65. The number of ether oxygens (including phenoxy) is 8. The molecule has 52 heteroatoms. The molecule has 7 amide bonds. The summed E-state index contributed by atoms with van der Waals surface area (Å²) in [6.45, 7) is -0.798. The van der Waals surface area contributed by atoms with Crippen LogP contribution < -0.4 is 42.0 Å². The molecule has 0 bridgehead atoms. The summed E-state index contributed by atoms with van der Waals surface area (Å²) in [4.78, 5) is 159. The Labute approximate surface area is 741 Å². The third-order valence-corrected chi connectivity index (χ3v) is 23.8. The van der Waals surface area contributed by atoms with E-state index in [4.69, 9.17) is 33.2 Å². The number of carbonyl (C=O) groups is 8. The van der Waals surface area contributed by atoms with Crippen molar-refractivity contribution < 1.29 is 187 Å². The van der Waals surface area contributed by atoms with Crippen LogP contribution in [0.1, 0.15) is 166 Å². The summed E-state index contributed by atoms with van der Waals surface area (Å²) in [5, 5.41) is 121. The number of aromatic nitrogens is 3. The summed E-state index contributed by atoms with van der Waals surface area (Å²) >= 11 is 0. The first-order valence-electron chi connectivity index (χ1n) is 43.0. The van der Waals surface area contributed by atoms with Gasteiger partial charge >= 0.3 is 28.8 Å². The lowest BCUT2D eigenvalue weighted by Gasteiger charge is -2.40. The topological polar surface area (TPSA) is 680 Å². The van der Waals surface area contributed by atoms with Gasteiger partial charge in [-0.05, 0) is 115 Å². The first kappa shape index (κ1) is 113. The number of aryl methyl sites for hydroxylation is 2. The van der Waals surface area contributed by atoms with Gasteiger partial charge in [0.25, 0.3) is 0 Å². The maximum absolute atomic E-state index is 14.2. The van der Waals surface area contributed by atoms with Crippen molar-refractivity contribution in [2.24, 2.45) is 11.8 Å². The lowest BCUT2D eigenvalue weighted by molar-refractivity contribution is -0.297. The molecule has 3 fully saturated rings. The lowest BCUT2D eigenvalue weighted by atomic mass is 9.79. The Morgan fingerprint density at radius 2 is 0.783 bits per heavy atom. The van der Waals surface area contributed by atoms with E-state index in [2.05, 4.69) is 52.3 Å². The van der Waals surface area contributed by atoms with E-state index < -0.39 is 229 Å². The van der Waals surface area contributed by atoms with E-state index in [9.17, 15) is 149 Å². The highest BCUT2D eigenvalue weighted by molar-refractivity contribution is 7.52. The Hall–Kier alpha value is -6.42. The molecule has 3 aliphatic rings. The summed E-state index contributed by atoms with van der Waals surface area (Å²) in [6, 6.07) is 0.